The van der Waals surface area contributed by atoms with Gasteiger partial charge in [0, 0.05) is 18.6 Å². The fourth-order valence-electron chi connectivity index (χ4n) is 0. The van der Waals surface area contributed by atoms with E-state index in [9.17, 15) is 0 Å². The van der Waals surface area contributed by atoms with Gasteiger partial charge in [0.25, 0.3) is 0 Å². The first kappa shape index (κ1) is 61.3. The molecule has 0 bridgehead atoms. The number of halogens is 4. The molecule has 3 nitrogen and oxygen atoms in total. The maximum absolute atomic E-state index is 6.75. The molecule has 53 valence electrons. The van der Waals surface area contributed by atoms with Crippen molar-refractivity contribution in [3.8, 4) is 0 Å². The molecule has 8 heavy (non-hydrogen) atoms. The summed E-state index contributed by atoms with van der Waals surface area (Å²) >= 11 is 0. The van der Waals surface area contributed by atoms with E-state index >= 15 is 0 Å². The smallest absolute Gasteiger partial charge is 0 e. The van der Waals surface area contributed by atoms with Gasteiger partial charge in [0.05, 0.1) is 0 Å². The molecule has 0 saturated carbocycles. The van der Waals surface area contributed by atoms with E-state index in [1.807, 2.05) is 0 Å². The Hall–Kier alpha value is 1.14. The van der Waals surface area contributed by atoms with Crippen LogP contribution in [0, 0.1) is 0 Å². The minimum atomic E-state index is 0. The first-order valence-electron chi connectivity index (χ1n) is 0.400. The summed E-state index contributed by atoms with van der Waals surface area (Å²) in [5.74, 6) is 6.75. The summed E-state index contributed by atoms with van der Waals surface area (Å²) in [7, 11) is 0. The third kappa shape index (κ3) is 206. The van der Waals surface area contributed by atoms with E-state index in [1.54, 1.807) is 0 Å². The minimum absolute atomic E-state index is 0. The van der Waals surface area contributed by atoms with Crippen molar-refractivity contribution >= 4 is 0 Å². The average molecular weight is 235 g/mol. The molecule has 0 unspecified atom stereocenters. The van der Waals surface area contributed by atoms with Crippen LogP contribution in [0.5, 0.6) is 0 Å². The Balaban J connectivity index is -0.00000000200. The molecule has 0 saturated heterocycles. The first-order chi connectivity index (χ1) is 1.41. The maximum Gasteiger partial charge on any atom is 0 e. The van der Waals surface area contributed by atoms with Gasteiger partial charge in [-0.2, -0.15) is 0 Å². The largest absolute Gasteiger partial charge is 1.00 e. The van der Waals surface area contributed by atoms with Crippen LogP contribution in [0.4, 0.5) is 0 Å². The van der Waals surface area contributed by atoms with Gasteiger partial charge in [-0.05, 0) is 0 Å². The van der Waals surface area contributed by atoms with E-state index in [4.69, 9.17) is 11.4 Å². The molecule has 0 aliphatic carbocycles. The summed E-state index contributed by atoms with van der Waals surface area (Å²) in [6.45, 7) is 0. The molecule has 0 N–H and O–H groups in total. The van der Waals surface area contributed by atoms with Crippen LogP contribution in [0.1, 0.15) is 0 Å². The SMILES string of the molecule is [Cl-].[Cl-].[Cl-].[Cl-].[N]N=[N-].[V]. The molecule has 0 aliphatic rings. The minimum Gasteiger partial charge on any atom is -1.00 e. The second-order valence-corrected chi connectivity index (χ2v) is 0.0894. The molecule has 0 spiro atoms. The van der Waals surface area contributed by atoms with Gasteiger partial charge in [-0.1, -0.05) is 0 Å². The van der Waals surface area contributed by atoms with Crippen molar-refractivity contribution in [1.82, 2.24) is 5.84 Å². The quantitative estimate of drug-likeness (QED) is 0.295. The standard InChI is InChI=1S/4ClH.N3.V/c;;;;1-3-2;/h4*1H;;/q;;;;-1;/p-4. The third-order valence-electron chi connectivity index (χ3n) is 0. The zero-order valence-electron chi connectivity index (χ0n) is 3.30. The fraction of sp³-hybridized carbons (Fsp3) is 0. The van der Waals surface area contributed by atoms with Gasteiger partial charge in [0.2, 0.25) is 0 Å². The monoisotopic (exact) mass is 233 g/mol. The summed E-state index contributed by atoms with van der Waals surface area (Å²) in [4.78, 5) is 0. The Morgan fingerprint density at radius 1 is 1.00 bits per heavy atom. The number of hydrogen-bond donors (Lipinski definition) is 0. The van der Waals surface area contributed by atoms with E-state index < -0.39 is 0 Å². The Bertz CT molecular complexity index is 18.8. The molecule has 0 aromatic carbocycles. The van der Waals surface area contributed by atoms with Crippen LogP contribution >= 0.6 is 0 Å². The topological polar surface area (TPSA) is 57.0 Å². The number of rotatable bonds is 0. The molecule has 0 amide bonds. The van der Waals surface area contributed by atoms with E-state index in [1.165, 1.54) is 5.22 Å². The zero-order valence-corrected chi connectivity index (χ0v) is 7.72. The molecule has 0 aromatic rings. The van der Waals surface area contributed by atoms with Crippen molar-refractivity contribution in [3.05, 3.63) is 5.53 Å². The van der Waals surface area contributed by atoms with Crippen LogP contribution in [0.25, 0.3) is 5.53 Å². The Morgan fingerprint density at radius 2 is 1.00 bits per heavy atom. The number of nitrogens with zero attached hydrogens (tertiary/aromatic N) is 3. The second kappa shape index (κ2) is 90.4. The summed E-state index contributed by atoms with van der Waals surface area (Å²) in [6.07, 6.45) is 0. The zero-order chi connectivity index (χ0) is 2.71. The van der Waals surface area contributed by atoms with Gasteiger partial charge < -0.3 is 61.0 Å². The molecular weight excluding hydrogens is 235 g/mol. The molecule has 8 heteroatoms. The van der Waals surface area contributed by atoms with Gasteiger partial charge in [0.15, 0.2) is 0 Å². The third-order valence-corrected chi connectivity index (χ3v) is 0. The van der Waals surface area contributed by atoms with Crippen LogP contribution in [-0.2, 0) is 18.6 Å². The summed E-state index contributed by atoms with van der Waals surface area (Å²) < 4.78 is 0. The van der Waals surface area contributed by atoms with Crippen molar-refractivity contribution < 1.29 is 68.2 Å². The van der Waals surface area contributed by atoms with Crippen LogP contribution in [0.3, 0.4) is 0 Å². The van der Waals surface area contributed by atoms with Crippen molar-refractivity contribution in [3.63, 3.8) is 0 Å². The first-order valence-corrected chi connectivity index (χ1v) is 0.400. The predicted octanol–water partition coefficient (Wildman–Crippen LogP) is -12.0. The molecule has 0 aromatic heterocycles. The summed E-state index contributed by atoms with van der Waals surface area (Å²) in [6, 6.07) is 0. The fourth-order valence-corrected chi connectivity index (χ4v) is 0. The van der Waals surface area contributed by atoms with Gasteiger partial charge in [-0.25, -0.2) is 0 Å². The molecule has 0 aliphatic heterocycles. The van der Waals surface area contributed by atoms with Crippen molar-refractivity contribution in [2.45, 2.75) is 0 Å². The van der Waals surface area contributed by atoms with Gasteiger partial charge in [-0.3, -0.25) is 5.22 Å². The average Bonchev–Trinajstić information content (AvgIpc) is 0.918. The maximum atomic E-state index is 6.75. The van der Waals surface area contributed by atoms with E-state index in [-0.39, 0.29) is 68.2 Å². The number of hydrogen-bond acceptors (Lipinski definition) is 1. The van der Waals surface area contributed by atoms with Gasteiger partial charge in [-0.15, -0.1) is 0 Å². The molecule has 0 atom stereocenters. The van der Waals surface area contributed by atoms with Crippen molar-refractivity contribution in [2.24, 2.45) is 5.22 Å². The van der Waals surface area contributed by atoms with E-state index in [0.717, 1.165) is 0 Å². The molecule has 3 radical (unpaired) electrons. The van der Waals surface area contributed by atoms with E-state index in [0.29, 0.717) is 0 Å². The summed E-state index contributed by atoms with van der Waals surface area (Å²) in [5, 5.41) is 1.50. The molecule has 0 fully saturated rings. The molecule has 0 heterocycles. The van der Waals surface area contributed by atoms with Gasteiger partial charge >= 0.3 is 0 Å². The van der Waals surface area contributed by atoms with Crippen LogP contribution in [0.2, 0.25) is 0 Å². The van der Waals surface area contributed by atoms with Crippen molar-refractivity contribution in [1.29, 1.82) is 0 Å². The van der Waals surface area contributed by atoms with E-state index in [2.05, 4.69) is 0 Å². The van der Waals surface area contributed by atoms with Crippen LogP contribution < -0.4 is 55.5 Å². The van der Waals surface area contributed by atoms with Crippen LogP contribution in [-0.4, -0.2) is 0 Å². The second-order valence-electron chi connectivity index (χ2n) is 0.0894. The normalized spacial score (nSPS) is 1.50. The Morgan fingerprint density at radius 3 is 1.00 bits per heavy atom. The molecular formula is Cl4N3V-5. The molecule has 0 rings (SSSR count). The predicted molar refractivity (Wildman–Crippen MR) is 7.92 cm³/mol. The Labute approximate surface area is 84.5 Å². The summed E-state index contributed by atoms with van der Waals surface area (Å²) in [5.41, 5.74) is 6.75. The van der Waals surface area contributed by atoms with Crippen molar-refractivity contribution in [2.75, 3.05) is 0 Å². The van der Waals surface area contributed by atoms with Gasteiger partial charge in [0.1, 0.15) is 0 Å². The Kier molecular flexibility index (Phi) is 693. The van der Waals surface area contributed by atoms with Crippen LogP contribution in [0.15, 0.2) is 5.22 Å².